The summed E-state index contributed by atoms with van der Waals surface area (Å²) < 4.78 is 1.89. The van der Waals surface area contributed by atoms with Gasteiger partial charge in [0.05, 0.1) is 11.8 Å². The van der Waals surface area contributed by atoms with Gasteiger partial charge in [-0.25, -0.2) is 0 Å². The summed E-state index contributed by atoms with van der Waals surface area (Å²) in [6.07, 6.45) is 6.54. The van der Waals surface area contributed by atoms with Crippen LogP contribution >= 0.6 is 11.8 Å². The Bertz CT molecular complexity index is 954. The van der Waals surface area contributed by atoms with Crippen LogP contribution in [0.25, 0.3) is 5.69 Å². The van der Waals surface area contributed by atoms with Crippen LogP contribution in [0.1, 0.15) is 42.5 Å². The third kappa shape index (κ3) is 4.28. The minimum absolute atomic E-state index is 0.00201. The fourth-order valence-corrected chi connectivity index (χ4v) is 4.35. The molecule has 4 rings (SSSR count). The zero-order valence-electron chi connectivity index (χ0n) is 16.0. The monoisotopic (exact) mass is 392 g/mol. The van der Waals surface area contributed by atoms with Crippen molar-refractivity contribution in [2.24, 2.45) is 0 Å². The van der Waals surface area contributed by atoms with Crippen molar-refractivity contribution in [3.8, 4) is 5.69 Å². The van der Waals surface area contributed by atoms with Gasteiger partial charge in [0, 0.05) is 5.69 Å². The summed E-state index contributed by atoms with van der Waals surface area (Å²) in [5.41, 5.74) is 5.06. The van der Waals surface area contributed by atoms with Gasteiger partial charge in [0.15, 0.2) is 5.16 Å². The first-order valence-electron chi connectivity index (χ1n) is 9.70. The number of hydrogen-bond acceptors (Lipinski definition) is 4. The Morgan fingerprint density at radius 2 is 1.93 bits per heavy atom. The number of aromatic nitrogens is 3. The Hall–Kier alpha value is -2.60. The highest BCUT2D eigenvalue weighted by Crippen LogP contribution is 2.25. The van der Waals surface area contributed by atoms with Crippen molar-refractivity contribution in [1.82, 2.24) is 20.1 Å². The zero-order valence-corrected chi connectivity index (χ0v) is 16.8. The van der Waals surface area contributed by atoms with E-state index in [1.54, 1.807) is 6.33 Å². The predicted molar refractivity (Wildman–Crippen MR) is 112 cm³/mol. The molecule has 1 atom stereocenters. The van der Waals surface area contributed by atoms with Crippen molar-refractivity contribution in [1.29, 1.82) is 0 Å². The molecule has 1 amide bonds. The summed E-state index contributed by atoms with van der Waals surface area (Å²) in [7, 11) is 0. The lowest BCUT2D eigenvalue weighted by atomic mass is 9.89. The van der Waals surface area contributed by atoms with Gasteiger partial charge >= 0.3 is 0 Å². The summed E-state index contributed by atoms with van der Waals surface area (Å²) in [6, 6.07) is 16.5. The zero-order chi connectivity index (χ0) is 19.3. The number of carbonyl (C=O) groups excluding carboxylic acids is 1. The molecule has 6 heteroatoms. The van der Waals surface area contributed by atoms with Gasteiger partial charge in [-0.15, -0.1) is 10.2 Å². The van der Waals surface area contributed by atoms with Crippen molar-refractivity contribution in [2.75, 3.05) is 5.75 Å². The van der Waals surface area contributed by atoms with E-state index < -0.39 is 0 Å². The highest BCUT2D eigenvalue weighted by molar-refractivity contribution is 7.99. The van der Waals surface area contributed by atoms with Gasteiger partial charge < -0.3 is 5.32 Å². The van der Waals surface area contributed by atoms with E-state index in [2.05, 4.69) is 33.7 Å². The van der Waals surface area contributed by atoms with Gasteiger partial charge in [-0.3, -0.25) is 9.36 Å². The SMILES string of the molecule is C[C@H](NC(=O)CSc1nncn1-c1ccccc1)c1ccc2c(c1)CCCC2. The molecular formula is C22H24N4OS. The first-order chi connectivity index (χ1) is 13.7. The molecule has 0 fully saturated rings. The summed E-state index contributed by atoms with van der Waals surface area (Å²) in [4.78, 5) is 12.5. The average molecular weight is 393 g/mol. The lowest BCUT2D eigenvalue weighted by Crippen LogP contribution is -2.28. The van der Waals surface area contributed by atoms with Crippen LogP contribution in [-0.4, -0.2) is 26.4 Å². The fourth-order valence-electron chi connectivity index (χ4n) is 3.61. The Labute approximate surface area is 169 Å². The molecule has 1 N–H and O–H groups in total. The molecule has 0 bridgehead atoms. The first kappa shape index (κ1) is 18.7. The van der Waals surface area contributed by atoms with Gasteiger partial charge in [0.2, 0.25) is 5.91 Å². The lowest BCUT2D eigenvalue weighted by molar-refractivity contribution is -0.119. The van der Waals surface area contributed by atoms with E-state index in [9.17, 15) is 4.79 Å². The number of benzene rings is 2. The first-order valence-corrected chi connectivity index (χ1v) is 10.7. The van der Waals surface area contributed by atoms with E-state index in [0.717, 1.165) is 12.1 Å². The molecule has 1 aromatic heterocycles. The molecule has 0 saturated heterocycles. The smallest absolute Gasteiger partial charge is 0.230 e. The molecule has 5 nitrogen and oxygen atoms in total. The molecule has 0 aliphatic heterocycles. The summed E-state index contributed by atoms with van der Waals surface area (Å²) in [6.45, 7) is 2.04. The Morgan fingerprint density at radius 1 is 1.14 bits per heavy atom. The van der Waals surface area contributed by atoms with Gasteiger partial charge in [-0.05, 0) is 61.4 Å². The van der Waals surface area contributed by atoms with Crippen molar-refractivity contribution in [3.63, 3.8) is 0 Å². The maximum absolute atomic E-state index is 12.5. The maximum Gasteiger partial charge on any atom is 0.230 e. The number of nitrogens with zero attached hydrogens (tertiary/aromatic N) is 3. The van der Waals surface area contributed by atoms with E-state index in [1.165, 1.54) is 47.7 Å². The molecule has 144 valence electrons. The van der Waals surface area contributed by atoms with Crippen molar-refractivity contribution in [2.45, 2.75) is 43.8 Å². The molecule has 1 heterocycles. The van der Waals surface area contributed by atoms with Crippen LogP contribution in [0.15, 0.2) is 60.0 Å². The number of aryl methyl sites for hydroxylation is 2. The minimum Gasteiger partial charge on any atom is -0.349 e. The molecule has 0 unspecified atom stereocenters. The quantitative estimate of drug-likeness (QED) is 0.641. The second kappa shape index (κ2) is 8.61. The van der Waals surface area contributed by atoms with Crippen LogP contribution in [0.5, 0.6) is 0 Å². The standard InChI is InChI=1S/C22H24N4OS/c1-16(18-12-11-17-7-5-6-8-19(17)13-18)24-21(27)14-28-22-25-23-15-26(22)20-9-3-2-4-10-20/h2-4,9-13,15-16H,5-8,14H2,1H3,(H,24,27)/t16-/m0/s1. The highest BCUT2D eigenvalue weighted by atomic mass is 32.2. The second-order valence-corrected chi connectivity index (χ2v) is 8.07. The molecule has 0 saturated carbocycles. The summed E-state index contributed by atoms with van der Waals surface area (Å²) in [5, 5.41) is 12.0. The van der Waals surface area contributed by atoms with Crippen molar-refractivity contribution >= 4 is 17.7 Å². The van der Waals surface area contributed by atoms with Crippen LogP contribution < -0.4 is 5.32 Å². The van der Waals surface area contributed by atoms with Crippen LogP contribution in [0, 0.1) is 0 Å². The molecule has 1 aliphatic carbocycles. The number of fused-ring (bicyclic) bond motifs is 1. The number of carbonyl (C=O) groups is 1. The Kier molecular flexibility index (Phi) is 5.76. The normalized spacial score (nSPS) is 14.3. The number of hydrogen-bond donors (Lipinski definition) is 1. The molecular weight excluding hydrogens is 368 g/mol. The molecule has 3 aromatic rings. The van der Waals surface area contributed by atoms with E-state index in [0.29, 0.717) is 10.9 Å². The van der Waals surface area contributed by atoms with Crippen molar-refractivity contribution < 1.29 is 4.79 Å². The maximum atomic E-state index is 12.5. The van der Waals surface area contributed by atoms with E-state index in [-0.39, 0.29) is 11.9 Å². The Morgan fingerprint density at radius 3 is 2.75 bits per heavy atom. The van der Waals surface area contributed by atoms with E-state index >= 15 is 0 Å². The number of nitrogens with one attached hydrogen (secondary N) is 1. The second-order valence-electron chi connectivity index (χ2n) is 7.13. The number of rotatable bonds is 6. The average Bonchev–Trinajstić information content (AvgIpc) is 3.21. The summed E-state index contributed by atoms with van der Waals surface area (Å²) in [5.74, 6) is 0.304. The van der Waals surface area contributed by atoms with Crippen LogP contribution in [-0.2, 0) is 17.6 Å². The van der Waals surface area contributed by atoms with Crippen LogP contribution in [0.2, 0.25) is 0 Å². The lowest BCUT2D eigenvalue weighted by Gasteiger charge is -2.20. The van der Waals surface area contributed by atoms with Gasteiger partial charge in [-0.2, -0.15) is 0 Å². The topological polar surface area (TPSA) is 59.8 Å². The number of para-hydroxylation sites is 1. The van der Waals surface area contributed by atoms with Crippen molar-refractivity contribution in [3.05, 3.63) is 71.5 Å². The largest absolute Gasteiger partial charge is 0.349 e. The number of amides is 1. The highest BCUT2D eigenvalue weighted by Gasteiger charge is 2.15. The van der Waals surface area contributed by atoms with Gasteiger partial charge in [0.1, 0.15) is 6.33 Å². The Balaban J connectivity index is 1.36. The van der Waals surface area contributed by atoms with E-state index in [4.69, 9.17) is 0 Å². The van der Waals surface area contributed by atoms with Crippen LogP contribution in [0.4, 0.5) is 0 Å². The molecule has 1 aliphatic rings. The molecule has 0 radical (unpaired) electrons. The molecule has 28 heavy (non-hydrogen) atoms. The van der Waals surface area contributed by atoms with Crippen LogP contribution in [0.3, 0.4) is 0 Å². The predicted octanol–water partition coefficient (Wildman–Crippen LogP) is 4.12. The fraction of sp³-hybridized carbons (Fsp3) is 0.318. The molecule has 2 aromatic carbocycles. The summed E-state index contributed by atoms with van der Waals surface area (Å²) >= 11 is 1.39. The van der Waals surface area contributed by atoms with Gasteiger partial charge in [-0.1, -0.05) is 48.2 Å². The minimum atomic E-state index is -0.00711. The number of thioether (sulfide) groups is 1. The third-order valence-corrected chi connectivity index (χ3v) is 6.08. The van der Waals surface area contributed by atoms with Gasteiger partial charge in [0.25, 0.3) is 0 Å². The van der Waals surface area contributed by atoms with E-state index in [1.807, 2.05) is 41.8 Å². The molecule has 0 spiro atoms. The third-order valence-electron chi connectivity index (χ3n) is 5.13.